The smallest absolute Gasteiger partial charge is 0.229 e. The fourth-order valence-corrected chi connectivity index (χ4v) is 2.69. The van der Waals surface area contributed by atoms with E-state index in [1.54, 1.807) is 6.07 Å². The highest BCUT2D eigenvalue weighted by Crippen LogP contribution is 2.58. The van der Waals surface area contributed by atoms with Crippen molar-refractivity contribution < 1.29 is 9.32 Å². The van der Waals surface area contributed by atoms with Crippen molar-refractivity contribution in [3.8, 4) is 0 Å². The van der Waals surface area contributed by atoms with Gasteiger partial charge in [0.15, 0.2) is 5.82 Å². The molecule has 1 atom stereocenters. The highest BCUT2D eigenvalue weighted by molar-refractivity contribution is 5.94. The van der Waals surface area contributed by atoms with Crippen molar-refractivity contribution in [1.82, 2.24) is 10.5 Å². The molecule has 16 heavy (non-hydrogen) atoms. The SMILES string of the molecule is O=C(Nc1ccon1)C1CC12CCNCC2. The second-order valence-corrected chi connectivity index (χ2v) is 4.74. The standard InChI is InChI=1S/C11H15N3O2/c15-10(13-9-1-6-16-14-9)8-7-11(8)2-4-12-5-3-11/h1,6,8,12H,2-5,7H2,(H,13,14,15). The van der Waals surface area contributed by atoms with Crippen LogP contribution in [0.1, 0.15) is 19.3 Å². The third-order valence-corrected chi connectivity index (χ3v) is 3.79. The van der Waals surface area contributed by atoms with E-state index in [9.17, 15) is 4.79 Å². The van der Waals surface area contributed by atoms with E-state index in [1.165, 1.54) is 6.26 Å². The van der Waals surface area contributed by atoms with E-state index in [0.717, 1.165) is 32.4 Å². The number of nitrogens with zero attached hydrogens (tertiary/aromatic N) is 1. The molecule has 1 saturated carbocycles. The monoisotopic (exact) mass is 221 g/mol. The van der Waals surface area contributed by atoms with Crippen LogP contribution in [0.5, 0.6) is 0 Å². The van der Waals surface area contributed by atoms with Gasteiger partial charge in [-0.25, -0.2) is 0 Å². The fourth-order valence-electron chi connectivity index (χ4n) is 2.69. The average molecular weight is 221 g/mol. The van der Waals surface area contributed by atoms with Gasteiger partial charge in [0, 0.05) is 12.0 Å². The topological polar surface area (TPSA) is 67.2 Å². The second kappa shape index (κ2) is 3.59. The molecule has 0 bridgehead atoms. The normalized spacial score (nSPS) is 26.6. The third kappa shape index (κ3) is 1.61. The van der Waals surface area contributed by atoms with Crippen molar-refractivity contribution in [2.24, 2.45) is 11.3 Å². The van der Waals surface area contributed by atoms with E-state index >= 15 is 0 Å². The number of amides is 1. The largest absolute Gasteiger partial charge is 0.363 e. The van der Waals surface area contributed by atoms with Crippen LogP contribution in [-0.2, 0) is 4.79 Å². The van der Waals surface area contributed by atoms with Crippen LogP contribution >= 0.6 is 0 Å². The van der Waals surface area contributed by atoms with E-state index in [1.807, 2.05) is 0 Å². The Morgan fingerprint density at radius 1 is 1.56 bits per heavy atom. The molecule has 2 fully saturated rings. The van der Waals surface area contributed by atoms with Gasteiger partial charge in [-0.15, -0.1) is 0 Å². The van der Waals surface area contributed by atoms with Gasteiger partial charge in [-0.05, 0) is 37.8 Å². The van der Waals surface area contributed by atoms with Crippen LogP contribution in [0, 0.1) is 11.3 Å². The average Bonchev–Trinajstić information content (AvgIpc) is 2.76. The molecule has 2 N–H and O–H groups in total. The maximum Gasteiger partial charge on any atom is 0.229 e. The number of hydrogen-bond acceptors (Lipinski definition) is 4. The van der Waals surface area contributed by atoms with Gasteiger partial charge in [-0.3, -0.25) is 4.79 Å². The maximum atomic E-state index is 11.9. The molecule has 2 aliphatic rings. The molecule has 1 unspecified atom stereocenters. The van der Waals surface area contributed by atoms with Gasteiger partial charge in [-0.2, -0.15) is 0 Å². The summed E-state index contributed by atoms with van der Waals surface area (Å²) in [5.41, 5.74) is 0.277. The Balaban J connectivity index is 1.61. The van der Waals surface area contributed by atoms with Gasteiger partial charge < -0.3 is 15.2 Å². The summed E-state index contributed by atoms with van der Waals surface area (Å²) in [6, 6.07) is 1.66. The third-order valence-electron chi connectivity index (χ3n) is 3.79. The van der Waals surface area contributed by atoms with Crippen molar-refractivity contribution in [3.05, 3.63) is 12.3 Å². The van der Waals surface area contributed by atoms with E-state index in [-0.39, 0.29) is 17.2 Å². The zero-order valence-corrected chi connectivity index (χ0v) is 9.03. The van der Waals surface area contributed by atoms with Crippen LogP contribution in [0.25, 0.3) is 0 Å². The van der Waals surface area contributed by atoms with Crippen molar-refractivity contribution in [2.75, 3.05) is 18.4 Å². The molecule has 1 aliphatic carbocycles. The molecule has 1 spiro atoms. The number of carbonyl (C=O) groups is 1. The van der Waals surface area contributed by atoms with Gasteiger partial charge in [0.05, 0.1) is 0 Å². The molecule has 0 aromatic carbocycles. The lowest BCUT2D eigenvalue weighted by atomic mass is 9.92. The first-order chi connectivity index (χ1) is 7.80. The summed E-state index contributed by atoms with van der Waals surface area (Å²) in [5, 5.41) is 9.80. The Morgan fingerprint density at radius 3 is 3.06 bits per heavy atom. The first-order valence-electron chi connectivity index (χ1n) is 5.72. The summed E-state index contributed by atoms with van der Waals surface area (Å²) in [5.74, 6) is 0.781. The fraction of sp³-hybridized carbons (Fsp3) is 0.636. The van der Waals surface area contributed by atoms with Crippen molar-refractivity contribution in [1.29, 1.82) is 0 Å². The molecule has 1 amide bonds. The molecular formula is C11H15N3O2. The van der Waals surface area contributed by atoms with Crippen LogP contribution in [0.4, 0.5) is 5.82 Å². The van der Waals surface area contributed by atoms with E-state index < -0.39 is 0 Å². The second-order valence-electron chi connectivity index (χ2n) is 4.74. The van der Waals surface area contributed by atoms with E-state index in [0.29, 0.717) is 5.82 Å². The van der Waals surface area contributed by atoms with E-state index in [2.05, 4.69) is 20.3 Å². The van der Waals surface area contributed by atoms with E-state index in [4.69, 9.17) is 0 Å². The Kier molecular flexibility index (Phi) is 2.21. The quantitative estimate of drug-likeness (QED) is 0.782. The van der Waals surface area contributed by atoms with Crippen LogP contribution in [-0.4, -0.2) is 24.2 Å². The molecule has 5 nitrogen and oxygen atoms in total. The van der Waals surface area contributed by atoms with Crippen LogP contribution < -0.4 is 10.6 Å². The lowest BCUT2D eigenvalue weighted by molar-refractivity contribution is -0.118. The summed E-state index contributed by atoms with van der Waals surface area (Å²) in [7, 11) is 0. The number of piperidine rings is 1. The van der Waals surface area contributed by atoms with Gasteiger partial charge in [0.1, 0.15) is 6.26 Å². The first-order valence-corrected chi connectivity index (χ1v) is 5.72. The Bertz CT molecular complexity index is 382. The molecule has 86 valence electrons. The number of hydrogen-bond donors (Lipinski definition) is 2. The number of rotatable bonds is 2. The molecule has 1 aromatic heterocycles. The maximum absolute atomic E-state index is 11.9. The van der Waals surface area contributed by atoms with Gasteiger partial charge in [0.25, 0.3) is 0 Å². The zero-order valence-electron chi connectivity index (χ0n) is 9.03. The van der Waals surface area contributed by atoms with Crippen LogP contribution in [0.2, 0.25) is 0 Å². The van der Waals surface area contributed by atoms with Crippen molar-refractivity contribution in [3.63, 3.8) is 0 Å². The summed E-state index contributed by atoms with van der Waals surface area (Å²) >= 11 is 0. The molecule has 1 saturated heterocycles. The number of aromatic nitrogens is 1. The minimum Gasteiger partial charge on any atom is -0.363 e. The molecule has 3 rings (SSSR count). The van der Waals surface area contributed by atoms with Crippen molar-refractivity contribution >= 4 is 11.7 Å². The highest BCUT2D eigenvalue weighted by atomic mass is 16.5. The first kappa shape index (κ1) is 9.84. The lowest BCUT2D eigenvalue weighted by Gasteiger charge is -2.22. The summed E-state index contributed by atoms with van der Waals surface area (Å²) in [6.45, 7) is 2.07. The van der Waals surface area contributed by atoms with Crippen LogP contribution in [0.3, 0.4) is 0 Å². The molecule has 2 heterocycles. The number of nitrogens with one attached hydrogen (secondary N) is 2. The van der Waals surface area contributed by atoms with Crippen molar-refractivity contribution in [2.45, 2.75) is 19.3 Å². The summed E-state index contributed by atoms with van der Waals surface area (Å²) < 4.78 is 4.68. The predicted molar refractivity (Wildman–Crippen MR) is 57.8 cm³/mol. The molecule has 1 aliphatic heterocycles. The zero-order chi connectivity index (χ0) is 11.0. The Labute approximate surface area is 93.6 Å². The minimum atomic E-state index is 0.0933. The minimum absolute atomic E-state index is 0.0933. The Morgan fingerprint density at radius 2 is 2.38 bits per heavy atom. The molecule has 0 radical (unpaired) electrons. The number of carbonyl (C=O) groups excluding carboxylic acids is 1. The van der Waals surface area contributed by atoms with Gasteiger partial charge in [0.2, 0.25) is 5.91 Å². The van der Waals surface area contributed by atoms with Gasteiger partial charge >= 0.3 is 0 Å². The van der Waals surface area contributed by atoms with Gasteiger partial charge in [-0.1, -0.05) is 5.16 Å². The molecule has 1 aromatic rings. The highest BCUT2D eigenvalue weighted by Gasteiger charge is 2.57. The number of anilines is 1. The molecular weight excluding hydrogens is 206 g/mol. The summed E-state index contributed by atoms with van der Waals surface area (Å²) in [6.07, 6.45) is 4.72. The predicted octanol–water partition coefficient (Wildman–Crippen LogP) is 1.00. The summed E-state index contributed by atoms with van der Waals surface area (Å²) in [4.78, 5) is 11.9. The lowest BCUT2D eigenvalue weighted by Crippen LogP contribution is -2.31. The molecule has 5 heteroatoms. The Hall–Kier alpha value is -1.36. The van der Waals surface area contributed by atoms with Crippen LogP contribution in [0.15, 0.2) is 16.9 Å².